The first-order valence-corrected chi connectivity index (χ1v) is 4.97. The van der Waals surface area contributed by atoms with Gasteiger partial charge in [0, 0.05) is 30.5 Å². The number of nitrogens with one attached hydrogen (secondary N) is 1. The van der Waals surface area contributed by atoms with Gasteiger partial charge >= 0.3 is 0 Å². The largest absolute Gasteiger partial charge is 0.492 e. The third kappa shape index (κ3) is 3.75. The molecule has 1 aromatic rings. The van der Waals surface area contributed by atoms with Crippen molar-refractivity contribution >= 4 is 0 Å². The average Bonchev–Trinajstić information content (AvgIpc) is 2.15. The van der Waals surface area contributed by atoms with E-state index < -0.39 is 0 Å². The molecule has 0 saturated heterocycles. The molecule has 78 valence electrons. The second kappa shape index (κ2) is 5.60. The van der Waals surface area contributed by atoms with Gasteiger partial charge in [-0.25, -0.2) is 0 Å². The van der Waals surface area contributed by atoms with Gasteiger partial charge in [-0.1, -0.05) is 13.8 Å². The molecule has 0 spiro atoms. The average molecular weight is 194 g/mol. The summed E-state index contributed by atoms with van der Waals surface area (Å²) in [6, 6.07) is 2.40. The molecular weight excluding hydrogens is 176 g/mol. The van der Waals surface area contributed by atoms with E-state index in [0.29, 0.717) is 12.6 Å². The predicted molar refractivity (Wildman–Crippen MR) is 57.6 cm³/mol. The standard InChI is InChI=1S/C11H18N2O/c1-9(2)13-6-7-14-11-4-5-12-8-10(11)3/h4-5,8-9,13H,6-7H2,1-3H3. The molecular formula is C11H18N2O. The smallest absolute Gasteiger partial charge is 0.125 e. The van der Waals surface area contributed by atoms with Crippen molar-refractivity contribution in [1.29, 1.82) is 0 Å². The van der Waals surface area contributed by atoms with Crippen LogP contribution in [0.1, 0.15) is 19.4 Å². The van der Waals surface area contributed by atoms with Crippen molar-refractivity contribution in [2.24, 2.45) is 0 Å². The molecule has 0 saturated carbocycles. The molecule has 3 heteroatoms. The minimum atomic E-state index is 0.511. The number of nitrogens with zero attached hydrogens (tertiary/aromatic N) is 1. The topological polar surface area (TPSA) is 34.1 Å². The second-order valence-corrected chi connectivity index (χ2v) is 3.60. The Kier molecular flexibility index (Phi) is 4.40. The Bertz CT molecular complexity index is 274. The van der Waals surface area contributed by atoms with E-state index in [1.54, 1.807) is 6.20 Å². The zero-order valence-corrected chi connectivity index (χ0v) is 9.08. The minimum absolute atomic E-state index is 0.511. The summed E-state index contributed by atoms with van der Waals surface area (Å²) >= 11 is 0. The molecule has 0 aliphatic carbocycles. The summed E-state index contributed by atoms with van der Waals surface area (Å²) in [5.74, 6) is 0.922. The van der Waals surface area contributed by atoms with E-state index in [1.807, 2.05) is 19.2 Å². The monoisotopic (exact) mass is 194 g/mol. The SMILES string of the molecule is Cc1cnccc1OCCNC(C)C. The van der Waals surface area contributed by atoms with E-state index in [-0.39, 0.29) is 0 Å². The van der Waals surface area contributed by atoms with Crippen LogP contribution in [0, 0.1) is 6.92 Å². The van der Waals surface area contributed by atoms with Crippen LogP contribution in [0.4, 0.5) is 0 Å². The van der Waals surface area contributed by atoms with Crippen molar-refractivity contribution in [3.05, 3.63) is 24.0 Å². The van der Waals surface area contributed by atoms with Gasteiger partial charge < -0.3 is 10.1 Å². The van der Waals surface area contributed by atoms with Crippen molar-refractivity contribution in [2.45, 2.75) is 26.8 Å². The van der Waals surface area contributed by atoms with E-state index in [9.17, 15) is 0 Å². The first-order chi connectivity index (χ1) is 6.70. The van der Waals surface area contributed by atoms with Gasteiger partial charge in [0.15, 0.2) is 0 Å². The lowest BCUT2D eigenvalue weighted by Gasteiger charge is -2.10. The lowest BCUT2D eigenvalue weighted by Crippen LogP contribution is -2.27. The van der Waals surface area contributed by atoms with Crippen LogP contribution in [0.25, 0.3) is 0 Å². The van der Waals surface area contributed by atoms with Gasteiger partial charge in [0.05, 0.1) is 0 Å². The summed E-state index contributed by atoms with van der Waals surface area (Å²) < 4.78 is 5.58. The lowest BCUT2D eigenvalue weighted by molar-refractivity contribution is 0.306. The van der Waals surface area contributed by atoms with Crippen LogP contribution >= 0.6 is 0 Å². The number of hydrogen-bond donors (Lipinski definition) is 1. The van der Waals surface area contributed by atoms with E-state index in [1.165, 1.54) is 0 Å². The number of aryl methyl sites for hydroxylation is 1. The van der Waals surface area contributed by atoms with Crippen LogP contribution in [0.5, 0.6) is 5.75 Å². The van der Waals surface area contributed by atoms with Crippen molar-refractivity contribution < 1.29 is 4.74 Å². The molecule has 0 aliphatic heterocycles. The summed E-state index contributed by atoms with van der Waals surface area (Å²) in [6.45, 7) is 7.82. The molecule has 0 aliphatic rings. The van der Waals surface area contributed by atoms with Gasteiger partial charge in [0.1, 0.15) is 12.4 Å². The Labute approximate surface area is 85.5 Å². The maximum Gasteiger partial charge on any atom is 0.125 e. The number of ether oxygens (including phenoxy) is 1. The first-order valence-electron chi connectivity index (χ1n) is 4.97. The molecule has 14 heavy (non-hydrogen) atoms. The third-order valence-corrected chi connectivity index (χ3v) is 1.88. The molecule has 1 aromatic heterocycles. The molecule has 1 rings (SSSR count). The molecule has 0 radical (unpaired) electrons. The highest BCUT2D eigenvalue weighted by Gasteiger charge is 1.97. The van der Waals surface area contributed by atoms with E-state index in [4.69, 9.17) is 4.74 Å². The summed E-state index contributed by atoms with van der Waals surface area (Å²) in [5, 5.41) is 3.29. The Hall–Kier alpha value is -1.09. The fraction of sp³-hybridized carbons (Fsp3) is 0.545. The van der Waals surface area contributed by atoms with Crippen LogP contribution in [0.15, 0.2) is 18.5 Å². The molecule has 0 atom stereocenters. The van der Waals surface area contributed by atoms with Gasteiger partial charge in [0.25, 0.3) is 0 Å². The zero-order valence-electron chi connectivity index (χ0n) is 9.08. The van der Waals surface area contributed by atoms with Gasteiger partial charge in [-0.2, -0.15) is 0 Å². The number of aromatic nitrogens is 1. The molecule has 1 heterocycles. The number of pyridine rings is 1. The van der Waals surface area contributed by atoms with Crippen LogP contribution in [0.2, 0.25) is 0 Å². The lowest BCUT2D eigenvalue weighted by atomic mass is 10.3. The van der Waals surface area contributed by atoms with Crippen molar-refractivity contribution in [3.8, 4) is 5.75 Å². The van der Waals surface area contributed by atoms with Gasteiger partial charge in [-0.15, -0.1) is 0 Å². The summed E-state index contributed by atoms with van der Waals surface area (Å²) in [7, 11) is 0. The Morgan fingerprint density at radius 3 is 2.93 bits per heavy atom. The van der Waals surface area contributed by atoms with Crippen LogP contribution in [-0.2, 0) is 0 Å². The first kappa shape index (κ1) is 11.0. The summed E-state index contributed by atoms with van der Waals surface area (Å²) in [5.41, 5.74) is 1.08. The Balaban J connectivity index is 2.28. The van der Waals surface area contributed by atoms with Crippen molar-refractivity contribution in [2.75, 3.05) is 13.2 Å². The van der Waals surface area contributed by atoms with Gasteiger partial charge in [0.2, 0.25) is 0 Å². The molecule has 0 amide bonds. The third-order valence-electron chi connectivity index (χ3n) is 1.88. The van der Waals surface area contributed by atoms with E-state index in [2.05, 4.69) is 24.1 Å². The maximum absolute atomic E-state index is 5.58. The molecule has 1 N–H and O–H groups in total. The van der Waals surface area contributed by atoms with Gasteiger partial charge in [-0.05, 0) is 13.0 Å². The Morgan fingerprint density at radius 1 is 1.50 bits per heavy atom. The highest BCUT2D eigenvalue weighted by molar-refractivity contribution is 5.28. The van der Waals surface area contributed by atoms with Crippen molar-refractivity contribution in [3.63, 3.8) is 0 Å². The molecule has 0 unspecified atom stereocenters. The highest BCUT2D eigenvalue weighted by atomic mass is 16.5. The van der Waals surface area contributed by atoms with E-state index >= 15 is 0 Å². The quantitative estimate of drug-likeness (QED) is 0.725. The van der Waals surface area contributed by atoms with Crippen LogP contribution in [0.3, 0.4) is 0 Å². The normalized spacial score (nSPS) is 10.6. The fourth-order valence-corrected chi connectivity index (χ4v) is 1.13. The summed E-state index contributed by atoms with van der Waals surface area (Å²) in [6.07, 6.45) is 3.56. The number of rotatable bonds is 5. The molecule has 0 fully saturated rings. The second-order valence-electron chi connectivity index (χ2n) is 3.60. The molecule has 3 nitrogen and oxygen atoms in total. The predicted octanol–water partition coefficient (Wildman–Crippen LogP) is 1.77. The van der Waals surface area contributed by atoms with Gasteiger partial charge in [-0.3, -0.25) is 4.98 Å². The number of hydrogen-bond acceptors (Lipinski definition) is 3. The fourth-order valence-electron chi connectivity index (χ4n) is 1.13. The van der Waals surface area contributed by atoms with Crippen molar-refractivity contribution in [1.82, 2.24) is 10.3 Å². The Morgan fingerprint density at radius 2 is 2.29 bits per heavy atom. The van der Waals surface area contributed by atoms with Crippen LogP contribution < -0.4 is 10.1 Å². The van der Waals surface area contributed by atoms with Crippen LogP contribution in [-0.4, -0.2) is 24.2 Å². The molecule has 0 bridgehead atoms. The highest BCUT2D eigenvalue weighted by Crippen LogP contribution is 2.13. The minimum Gasteiger partial charge on any atom is -0.492 e. The van der Waals surface area contributed by atoms with E-state index in [0.717, 1.165) is 17.9 Å². The molecule has 0 aromatic carbocycles. The summed E-state index contributed by atoms with van der Waals surface area (Å²) in [4.78, 5) is 4.01. The zero-order chi connectivity index (χ0) is 10.4. The maximum atomic E-state index is 5.58.